The number of aryl methyl sites for hydroxylation is 2. The quantitative estimate of drug-likeness (QED) is 0.219. The highest BCUT2D eigenvalue weighted by molar-refractivity contribution is 5.68. The Morgan fingerprint density at radius 2 is 1.50 bits per heavy atom. The van der Waals surface area contributed by atoms with Gasteiger partial charge in [-0.1, -0.05) is 11.2 Å². The Labute approximate surface area is 279 Å². The Balaban J connectivity index is 1.04. The zero-order chi connectivity index (χ0) is 33.6. The molecule has 5 aromatic rings. The first kappa shape index (κ1) is 31.4. The number of pyridine rings is 1. The number of hydrogen-bond acceptors (Lipinski definition) is 11. The van der Waals surface area contributed by atoms with Crippen LogP contribution in [0.3, 0.4) is 0 Å². The standard InChI is InChI=1S/C35H40N10O3/c1-22-7-8-23(2)45(22)32-39-17-24(18-40-32)27-12-11-26(19-36-27)35(6,25-9-10-25)31-41-30(48-42-31)28-20-38-29(21-37-28)43-13-15-44(16-14-43)33(46)47-34(3,4)5/h7-8,11-12,17-21,25H,9-10,13-16H2,1-6H3/t35-/m1/s1. The van der Waals surface area contributed by atoms with Gasteiger partial charge in [-0.05, 0) is 84.1 Å². The van der Waals surface area contributed by atoms with Gasteiger partial charge in [-0.15, -0.1) is 0 Å². The molecule has 0 N–H and O–H groups in total. The van der Waals surface area contributed by atoms with Gasteiger partial charge in [-0.2, -0.15) is 4.98 Å². The van der Waals surface area contributed by atoms with E-state index in [2.05, 4.69) is 55.1 Å². The average Bonchev–Trinajstić information content (AvgIpc) is 3.73. The minimum Gasteiger partial charge on any atom is -0.444 e. The third-order valence-electron chi connectivity index (χ3n) is 9.17. The molecule has 5 aromatic heterocycles. The van der Waals surface area contributed by atoms with Crippen molar-refractivity contribution >= 4 is 11.9 Å². The van der Waals surface area contributed by atoms with E-state index in [1.165, 1.54) is 0 Å². The summed E-state index contributed by atoms with van der Waals surface area (Å²) in [6.45, 7) is 14.2. The van der Waals surface area contributed by atoms with E-state index in [4.69, 9.17) is 19.2 Å². The van der Waals surface area contributed by atoms with Gasteiger partial charge in [0.25, 0.3) is 5.89 Å². The lowest BCUT2D eigenvalue weighted by atomic mass is 9.77. The molecule has 0 unspecified atom stereocenters. The van der Waals surface area contributed by atoms with Crippen molar-refractivity contribution in [2.45, 2.75) is 65.4 Å². The molecule has 0 bridgehead atoms. The second kappa shape index (κ2) is 12.1. The number of carbonyl (C=O) groups excluding carboxylic acids is 1. The van der Waals surface area contributed by atoms with Crippen LogP contribution in [-0.2, 0) is 10.2 Å². The molecule has 1 atom stereocenters. The van der Waals surface area contributed by atoms with E-state index in [1.807, 2.05) is 63.8 Å². The summed E-state index contributed by atoms with van der Waals surface area (Å²) in [7, 11) is 0. The summed E-state index contributed by atoms with van der Waals surface area (Å²) in [4.78, 5) is 44.3. The molecule has 1 aliphatic heterocycles. The van der Waals surface area contributed by atoms with Crippen LogP contribution in [0.5, 0.6) is 0 Å². The number of rotatable bonds is 7. The zero-order valence-electron chi connectivity index (χ0n) is 28.2. The third kappa shape index (κ3) is 6.12. The summed E-state index contributed by atoms with van der Waals surface area (Å²) in [6, 6.07) is 8.20. The van der Waals surface area contributed by atoms with Crippen LogP contribution in [-0.4, -0.2) is 82.4 Å². The van der Waals surface area contributed by atoms with E-state index in [9.17, 15) is 4.79 Å². The molecule has 1 saturated heterocycles. The van der Waals surface area contributed by atoms with E-state index in [-0.39, 0.29) is 6.09 Å². The van der Waals surface area contributed by atoms with Crippen molar-refractivity contribution in [3.05, 3.63) is 78.0 Å². The van der Waals surface area contributed by atoms with Crippen molar-refractivity contribution in [3.63, 3.8) is 0 Å². The highest BCUT2D eigenvalue weighted by Crippen LogP contribution is 2.50. The van der Waals surface area contributed by atoms with Crippen LogP contribution in [0.15, 0.2) is 59.8 Å². The minimum absolute atomic E-state index is 0.293. The van der Waals surface area contributed by atoms with Crippen molar-refractivity contribution in [2.75, 3.05) is 31.1 Å². The molecular formula is C35H40N10O3. The van der Waals surface area contributed by atoms with Gasteiger partial charge in [-0.25, -0.2) is 24.7 Å². The molecule has 2 aliphatic rings. The number of nitrogens with zero attached hydrogens (tertiary/aromatic N) is 10. The highest BCUT2D eigenvalue weighted by atomic mass is 16.6. The maximum atomic E-state index is 12.4. The molecule has 7 rings (SSSR count). The molecule has 0 spiro atoms. The van der Waals surface area contributed by atoms with E-state index in [1.54, 1.807) is 17.3 Å². The topological polar surface area (TPSA) is 141 Å². The summed E-state index contributed by atoms with van der Waals surface area (Å²) in [6.07, 6.45) is 10.7. The van der Waals surface area contributed by atoms with Gasteiger partial charge in [-0.3, -0.25) is 9.55 Å². The van der Waals surface area contributed by atoms with Crippen LogP contribution in [0.1, 0.15) is 63.3 Å². The number of piperazine rings is 1. The molecule has 248 valence electrons. The molecule has 2 fully saturated rings. The first-order valence-electron chi connectivity index (χ1n) is 16.3. The molecular weight excluding hydrogens is 608 g/mol. The number of ether oxygens (including phenoxy) is 1. The lowest BCUT2D eigenvalue weighted by Crippen LogP contribution is -2.50. The summed E-state index contributed by atoms with van der Waals surface area (Å²) in [5, 5.41) is 4.43. The monoisotopic (exact) mass is 648 g/mol. The Morgan fingerprint density at radius 3 is 2.08 bits per heavy atom. The SMILES string of the molecule is Cc1ccc(C)n1-c1ncc(-c2ccc([C@](C)(c3noc(-c4cnc(N5CCN(C(=O)OC(C)(C)C)CC5)cn4)n3)C3CC3)cn2)cn1. The largest absolute Gasteiger partial charge is 0.444 e. The lowest BCUT2D eigenvalue weighted by Gasteiger charge is -2.36. The van der Waals surface area contributed by atoms with Crippen LogP contribution >= 0.6 is 0 Å². The summed E-state index contributed by atoms with van der Waals surface area (Å²) in [5.74, 6) is 2.66. The fourth-order valence-corrected chi connectivity index (χ4v) is 6.21. The second-order valence-electron chi connectivity index (χ2n) is 13.8. The van der Waals surface area contributed by atoms with Crippen LogP contribution < -0.4 is 4.90 Å². The van der Waals surface area contributed by atoms with Gasteiger partial charge < -0.3 is 19.1 Å². The van der Waals surface area contributed by atoms with Crippen LogP contribution in [0.25, 0.3) is 28.8 Å². The van der Waals surface area contributed by atoms with Gasteiger partial charge in [0.05, 0.1) is 23.5 Å². The number of aromatic nitrogens is 8. The number of amides is 1. The molecule has 13 nitrogen and oxygen atoms in total. The number of hydrogen-bond donors (Lipinski definition) is 0. The van der Waals surface area contributed by atoms with E-state index < -0.39 is 11.0 Å². The first-order chi connectivity index (χ1) is 23.0. The first-order valence-corrected chi connectivity index (χ1v) is 16.3. The van der Waals surface area contributed by atoms with Crippen molar-refractivity contribution in [1.29, 1.82) is 0 Å². The van der Waals surface area contributed by atoms with Gasteiger partial charge in [0.1, 0.15) is 17.1 Å². The predicted molar refractivity (Wildman–Crippen MR) is 179 cm³/mol. The molecule has 13 heteroatoms. The lowest BCUT2D eigenvalue weighted by molar-refractivity contribution is 0.0240. The summed E-state index contributed by atoms with van der Waals surface area (Å²) in [5.41, 5.74) is 4.33. The van der Waals surface area contributed by atoms with Crippen LogP contribution in [0, 0.1) is 19.8 Å². The Morgan fingerprint density at radius 1 is 0.812 bits per heavy atom. The Bertz CT molecular complexity index is 1880. The van der Waals surface area contributed by atoms with Crippen molar-refractivity contribution < 1.29 is 14.1 Å². The fraction of sp³-hybridized carbons (Fsp3) is 0.429. The fourth-order valence-electron chi connectivity index (χ4n) is 6.21. The zero-order valence-corrected chi connectivity index (χ0v) is 28.2. The summed E-state index contributed by atoms with van der Waals surface area (Å²) >= 11 is 0. The van der Waals surface area contributed by atoms with Gasteiger partial charge in [0.2, 0.25) is 5.95 Å². The van der Waals surface area contributed by atoms with Gasteiger partial charge in [0, 0.05) is 61.7 Å². The summed E-state index contributed by atoms with van der Waals surface area (Å²) < 4.78 is 13.3. The molecule has 1 saturated carbocycles. The van der Waals surface area contributed by atoms with Crippen molar-refractivity contribution in [2.24, 2.45) is 5.92 Å². The van der Waals surface area contributed by atoms with E-state index in [0.717, 1.165) is 46.9 Å². The van der Waals surface area contributed by atoms with Crippen molar-refractivity contribution in [1.82, 2.24) is 44.5 Å². The Kier molecular flexibility index (Phi) is 7.92. The number of anilines is 1. The van der Waals surface area contributed by atoms with Gasteiger partial charge >= 0.3 is 6.09 Å². The molecule has 1 aliphatic carbocycles. The molecule has 0 radical (unpaired) electrons. The smallest absolute Gasteiger partial charge is 0.410 e. The molecule has 48 heavy (non-hydrogen) atoms. The maximum Gasteiger partial charge on any atom is 0.410 e. The van der Waals surface area contributed by atoms with Gasteiger partial charge in [0.15, 0.2) is 5.82 Å². The normalized spacial score (nSPS) is 16.5. The molecule has 0 aromatic carbocycles. The van der Waals surface area contributed by atoms with E-state index >= 15 is 0 Å². The average molecular weight is 649 g/mol. The van der Waals surface area contributed by atoms with Crippen molar-refractivity contribution in [3.8, 4) is 28.8 Å². The van der Waals surface area contributed by atoms with Crippen LogP contribution in [0.2, 0.25) is 0 Å². The molecule has 1 amide bonds. The minimum atomic E-state index is -0.520. The maximum absolute atomic E-state index is 12.4. The van der Waals surface area contributed by atoms with E-state index in [0.29, 0.717) is 55.5 Å². The second-order valence-corrected chi connectivity index (χ2v) is 13.8. The molecule has 6 heterocycles. The van der Waals surface area contributed by atoms with Crippen LogP contribution in [0.4, 0.5) is 10.6 Å². The highest BCUT2D eigenvalue weighted by Gasteiger charge is 2.47. The third-order valence-corrected chi connectivity index (χ3v) is 9.17. The number of carbonyl (C=O) groups is 1. The predicted octanol–water partition coefficient (Wildman–Crippen LogP) is 5.56. The Hall–Kier alpha value is -5.20.